The Balaban J connectivity index is 0.000000215. The van der Waals surface area contributed by atoms with Crippen molar-refractivity contribution in [2.24, 2.45) is 11.8 Å². The highest BCUT2D eigenvalue weighted by molar-refractivity contribution is 6.00. The van der Waals surface area contributed by atoms with Crippen LogP contribution in [0.4, 0.5) is 0 Å². The molecule has 0 aliphatic heterocycles. The van der Waals surface area contributed by atoms with Gasteiger partial charge in [-0.2, -0.15) is 0 Å². The number of fused-ring (bicyclic) bond motifs is 3. The fourth-order valence-corrected chi connectivity index (χ4v) is 10.6. The molecule has 19 nitrogen and oxygen atoms in total. The van der Waals surface area contributed by atoms with Gasteiger partial charge in [0.2, 0.25) is 0 Å². The van der Waals surface area contributed by atoms with Crippen LogP contribution in [0.1, 0.15) is 151 Å². The Hall–Kier alpha value is -9.59. The van der Waals surface area contributed by atoms with Crippen LogP contribution >= 0.6 is 0 Å². The molecule has 0 unspecified atom stereocenters. The van der Waals surface area contributed by atoms with Crippen LogP contribution in [-0.2, 0) is 44.9 Å². The molecule has 0 radical (unpaired) electrons. The Morgan fingerprint density at radius 1 is 0.615 bits per heavy atom. The van der Waals surface area contributed by atoms with Crippen LogP contribution in [-0.4, -0.2) is 77.7 Å². The number of nitrogens with one attached hydrogen (secondary N) is 1. The van der Waals surface area contributed by atoms with E-state index in [4.69, 9.17) is 18.2 Å². The minimum absolute atomic E-state index is 0. The first kappa shape index (κ1) is 70.5. The van der Waals surface area contributed by atoms with Crippen LogP contribution < -0.4 is 34.7 Å². The first-order valence-corrected chi connectivity index (χ1v) is 29.8. The molecule has 20 heteroatoms. The summed E-state index contributed by atoms with van der Waals surface area (Å²) in [5.41, 5.74) is 12.6. The topological polar surface area (TPSA) is 311 Å². The van der Waals surface area contributed by atoms with Gasteiger partial charge in [-0.25, -0.2) is 19.4 Å². The number of aryl methyl sites for hydroxylation is 2. The van der Waals surface area contributed by atoms with Gasteiger partial charge < -0.3 is 56.6 Å². The summed E-state index contributed by atoms with van der Waals surface area (Å²) in [4.78, 5) is 109. The second kappa shape index (κ2) is 31.7. The fourth-order valence-electron chi connectivity index (χ4n) is 10.6. The molecule has 0 spiro atoms. The Bertz CT molecular complexity index is 4190. The van der Waals surface area contributed by atoms with E-state index >= 15 is 0 Å². The molecule has 0 saturated heterocycles. The number of rotatable bonds is 18. The zero-order valence-corrected chi connectivity index (χ0v) is 53.3. The van der Waals surface area contributed by atoms with Crippen molar-refractivity contribution in [3.05, 3.63) is 193 Å². The number of aliphatic carboxylic acids is 1. The number of benzene rings is 5. The van der Waals surface area contributed by atoms with Crippen LogP contribution in [0.3, 0.4) is 0 Å². The highest BCUT2D eigenvalue weighted by atomic mass is 35.5. The zero-order chi connectivity index (χ0) is 65.7. The number of nitrogens with zero attached hydrogens (tertiary/aromatic N) is 2. The summed E-state index contributed by atoms with van der Waals surface area (Å²) in [7, 11) is 0. The van der Waals surface area contributed by atoms with Gasteiger partial charge in [0.1, 0.15) is 58.4 Å². The van der Waals surface area contributed by atoms with Crippen LogP contribution in [0.15, 0.2) is 145 Å². The normalized spacial score (nSPS) is 13.3. The number of aromatic nitrogens is 2. The van der Waals surface area contributed by atoms with E-state index in [2.05, 4.69) is 15.6 Å². The molecular formula is C71H77ClN4O15. The predicted molar refractivity (Wildman–Crippen MR) is 341 cm³/mol. The van der Waals surface area contributed by atoms with Crippen LogP contribution in [0.25, 0.3) is 44.4 Å². The van der Waals surface area contributed by atoms with E-state index in [1.807, 2.05) is 45.0 Å². The molecule has 0 bridgehead atoms. The lowest BCUT2D eigenvalue weighted by Crippen LogP contribution is -3.00. The number of furan rings is 1. The van der Waals surface area contributed by atoms with Crippen molar-refractivity contribution < 1.29 is 80.3 Å². The molecule has 4 aromatic heterocycles. The molecule has 1 fully saturated rings. The number of carboxylic acid groups (broad SMARTS) is 1. The average molecular weight is 1260 g/mol. The van der Waals surface area contributed by atoms with Gasteiger partial charge >= 0.3 is 17.2 Å². The van der Waals surface area contributed by atoms with Crippen molar-refractivity contribution in [2.75, 3.05) is 0 Å². The third kappa shape index (κ3) is 18.7. The number of halogens is 1. The molecule has 10 rings (SSSR count). The summed E-state index contributed by atoms with van der Waals surface area (Å²) in [6, 6.07) is 29.4. The van der Waals surface area contributed by atoms with Gasteiger partial charge in [0.15, 0.2) is 17.3 Å². The highest BCUT2D eigenvalue weighted by Crippen LogP contribution is 2.37. The highest BCUT2D eigenvalue weighted by Gasteiger charge is 2.26. The van der Waals surface area contributed by atoms with Gasteiger partial charge in [-0.1, -0.05) is 57.4 Å². The van der Waals surface area contributed by atoms with E-state index < -0.39 is 23.5 Å². The number of hydrogen-bond donors (Lipinski definition) is 5. The number of hydrogen-bond acceptors (Lipinski definition) is 15. The standard InChI is InChI=1S/C31H29N3O6.C15H16O3.C13H16O3.C12H15NO3.ClH/c1-18-13-28(35)40-27-10-7-19(14-23(18)27)15-25(31(37)38)33-30(36)20-8-9-26-24(16-20)32-29(21-11-12-39-17-21)34(26)22-5-3-2-4-6-22;1-9(11(3)16)6-12-4-5-14-13(8-12)10(2)7-15(17)18-14;1-8(9(2)14)6-11-4-5-13(16)12(7-11)10(3)15;1-7(14)10-5-9(3-4-12(10)16)6-11(13)8(2)15;/h7-14,16-17,22,25H,2-6,15H2,1H3,(H,33,36)(H,37,38);4-5,7-9H,6H2,1-3H3;4-5,7-8,16H,6H2,1-3H3;3-5,11,16H,6,13H2,1-2H3;1H/t25-;9-;8-;11-;/m0000./s1. The molecular weight excluding hydrogens is 1180 g/mol. The molecule has 4 atom stereocenters. The zero-order valence-electron chi connectivity index (χ0n) is 52.5. The third-order valence-electron chi connectivity index (χ3n) is 16.2. The summed E-state index contributed by atoms with van der Waals surface area (Å²) < 4.78 is 17.9. The third-order valence-corrected chi connectivity index (χ3v) is 16.2. The Kier molecular flexibility index (Phi) is 24.6. The second-order valence-electron chi connectivity index (χ2n) is 23.3. The number of carbonyl (C=O) groups is 7. The van der Waals surface area contributed by atoms with E-state index in [1.165, 1.54) is 51.5 Å². The number of quaternary nitrogens is 1. The van der Waals surface area contributed by atoms with E-state index in [9.17, 15) is 58.5 Å². The Morgan fingerprint density at radius 2 is 1.10 bits per heavy atom. The van der Waals surface area contributed by atoms with Gasteiger partial charge in [-0.3, -0.25) is 28.8 Å². The minimum atomic E-state index is -1.15. The average Bonchev–Trinajstić information content (AvgIpc) is 1.66. The molecule has 1 amide bonds. The van der Waals surface area contributed by atoms with Gasteiger partial charge in [-0.05, 0) is 173 Å². The monoisotopic (exact) mass is 1260 g/mol. The number of amides is 1. The molecule has 9 aromatic rings. The number of aromatic hydroxyl groups is 2. The largest absolute Gasteiger partial charge is 1.00 e. The van der Waals surface area contributed by atoms with Crippen LogP contribution in [0.2, 0.25) is 0 Å². The number of carboxylic acids is 1. The lowest BCUT2D eigenvalue weighted by molar-refractivity contribution is -0.402. The van der Waals surface area contributed by atoms with Crippen molar-refractivity contribution in [3.8, 4) is 22.9 Å². The fraction of sp³-hybridized carbons (Fsp3) is 0.324. The van der Waals surface area contributed by atoms with Gasteiger partial charge in [0.25, 0.3) is 5.91 Å². The Labute approximate surface area is 532 Å². The van der Waals surface area contributed by atoms with Crippen LogP contribution in [0, 0.1) is 25.7 Å². The molecule has 7 N–H and O–H groups in total. The molecule has 91 heavy (non-hydrogen) atoms. The number of ketones is 5. The molecule has 478 valence electrons. The number of phenols is 2. The SMILES string of the molecule is CC(=O)[C@@H](C)Cc1ccc2oc(=O)cc(C)c2c1.CC(=O)c1cc(C[C@H](C)C(C)=O)ccc1O.CC(=O)c1cc(C[C@H]([NH3+])C(C)=O)ccc1O.Cc1cc(=O)oc2ccc(C[C@H](NC(=O)c3ccc4c(c3)nc(-c3ccoc3)n4C3CCCCC3)C(=O)O)cc12.[Cl-]. The van der Waals surface area contributed by atoms with Gasteiger partial charge in [0.05, 0.1) is 34.0 Å². The van der Waals surface area contributed by atoms with Crippen molar-refractivity contribution in [1.29, 1.82) is 0 Å². The molecule has 1 aliphatic rings. The quantitative estimate of drug-likeness (QED) is 0.0399. The lowest BCUT2D eigenvalue weighted by Gasteiger charge is -2.25. The summed E-state index contributed by atoms with van der Waals surface area (Å²) in [5, 5.41) is 33.1. The van der Waals surface area contributed by atoms with Crippen molar-refractivity contribution in [1.82, 2.24) is 14.9 Å². The maximum atomic E-state index is 13.2. The number of imidazole rings is 1. The maximum Gasteiger partial charge on any atom is 0.336 e. The number of carbonyl (C=O) groups excluding carboxylic acids is 6. The second-order valence-corrected chi connectivity index (χ2v) is 23.3. The Morgan fingerprint density at radius 3 is 1.56 bits per heavy atom. The molecule has 1 aliphatic carbocycles. The van der Waals surface area contributed by atoms with E-state index in [0.29, 0.717) is 58.7 Å². The molecule has 1 saturated carbocycles. The first-order chi connectivity index (χ1) is 42.7. The summed E-state index contributed by atoms with van der Waals surface area (Å²) in [5.74, 6) is -0.962. The maximum absolute atomic E-state index is 13.2. The summed E-state index contributed by atoms with van der Waals surface area (Å²) >= 11 is 0. The predicted octanol–water partition coefficient (Wildman–Crippen LogP) is 8.21. The van der Waals surface area contributed by atoms with E-state index in [1.54, 1.807) is 94.0 Å². The number of Topliss-reactive ketones (excluding diaryl/α,β-unsaturated/α-hetero) is 5. The van der Waals surface area contributed by atoms with Crippen molar-refractivity contribution in [3.63, 3.8) is 0 Å². The van der Waals surface area contributed by atoms with E-state index in [-0.39, 0.29) is 88.3 Å². The smallest absolute Gasteiger partial charge is 0.336 e. The lowest BCUT2D eigenvalue weighted by atomic mass is 9.95. The molecule has 4 heterocycles. The van der Waals surface area contributed by atoms with Gasteiger partial charge in [0, 0.05) is 66.1 Å². The number of phenolic OH excluding ortho intramolecular Hbond substituents is 2. The molecule has 5 aromatic carbocycles. The summed E-state index contributed by atoms with van der Waals surface area (Å²) in [6.45, 7) is 14.9. The van der Waals surface area contributed by atoms with Crippen molar-refractivity contribution >= 4 is 73.8 Å². The van der Waals surface area contributed by atoms with E-state index in [0.717, 1.165) is 81.2 Å². The summed E-state index contributed by atoms with van der Waals surface area (Å²) in [6.07, 6.45) is 10.8. The van der Waals surface area contributed by atoms with Gasteiger partial charge in [-0.15, -0.1) is 0 Å². The van der Waals surface area contributed by atoms with Crippen LogP contribution in [0.5, 0.6) is 11.5 Å². The van der Waals surface area contributed by atoms with Crippen molar-refractivity contribution in [2.45, 2.75) is 138 Å². The first-order valence-electron chi connectivity index (χ1n) is 29.8. The minimum Gasteiger partial charge on any atom is -1.00 e.